The van der Waals surface area contributed by atoms with E-state index in [1.807, 2.05) is 29.8 Å². The van der Waals surface area contributed by atoms with E-state index in [2.05, 4.69) is 16.6 Å². The summed E-state index contributed by atoms with van der Waals surface area (Å²) in [5, 5.41) is 7.80. The Bertz CT molecular complexity index is 726. The highest BCUT2D eigenvalue weighted by Gasteiger charge is 2.26. The maximum atomic E-state index is 12.8. The van der Waals surface area contributed by atoms with Gasteiger partial charge in [0.25, 0.3) is 5.91 Å². The third-order valence-corrected chi connectivity index (χ3v) is 4.40. The summed E-state index contributed by atoms with van der Waals surface area (Å²) in [6.07, 6.45) is 5.02. The maximum absolute atomic E-state index is 12.8. The highest BCUT2D eigenvalue weighted by atomic mass is 16.5. The van der Waals surface area contributed by atoms with Crippen LogP contribution in [0.1, 0.15) is 47.4 Å². The third kappa shape index (κ3) is 4.02. The van der Waals surface area contributed by atoms with Crippen LogP contribution in [0.2, 0.25) is 0 Å². The van der Waals surface area contributed by atoms with Gasteiger partial charge < -0.3 is 14.8 Å². The fourth-order valence-corrected chi connectivity index (χ4v) is 3.21. The number of aryl methyl sites for hydroxylation is 1. The highest BCUT2D eigenvalue weighted by Crippen LogP contribution is 2.29. The molecule has 134 valence electrons. The zero-order valence-corrected chi connectivity index (χ0v) is 14.8. The summed E-state index contributed by atoms with van der Waals surface area (Å²) in [5.41, 5.74) is 2.76. The Labute approximate surface area is 148 Å². The summed E-state index contributed by atoms with van der Waals surface area (Å²) < 4.78 is 12.6. The molecule has 1 aliphatic rings. The number of hydrogen-bond donors (Lipinski definition) is 1. The molecule has 1 aliphatic carbocycles. The Balaban J connectivity index is 1.76. The molecule has 0 saturated carbocycles. The van der Waals surface area contributed by atoms with Gasteiger partial charge in [0.2, 0.25) is 0 Å². The number of nitrogens with one attached hydrogen (secondary N) is 1. The Morgan fingerprint density at radius 2 is 2.24 bits per heavy atom. The quantitative estimate of drug-likeness (QED) is 0.839. The number of para-hydroxylation sites is 1. The van der Waals surface area contributed by atoms with Crippen molar-refractivity contribution in [3.63, 3.8) is 0 Å². The molecule has 1 aromatic heterocycles. The predicted octanol–water partition coefficient (Wildman–Crippen LogP) is 2.74. The Hall–Kier alpha value is -2.34. The molecule has 1 N–H and O–H groups in total. The first-order chi connectivity index (χ1) is 12.2. The summed E-state index contributed by atoms with van der Waals surface area (Å²) in [6, 6.07) is 7.28. The highest BCUT2D eigenvalue weighted by molar-refractivity contribution is 5.97. The minimum atomic E-state index is -0.117. The second-order valence-electron chi connectivity index (χ2n) is 6.14. The molecule has 25 heavy (non-hydrogen) atoms. The Morgan fingerprint density at radius 3 is 3.04 bits per heavy atom. The molecule has 1 heterocycles. The molecule has 6 heteroatoms. The van der Waals surface area contributed by atoms with Gasteiger partial charge in [-0.1, -0.05) is 12.1 Å². The van der Waals surface area contributed by atoms with Crippen LogP contribution < -0.4 is 10.1 Å². The number of fused-ring (bicyclic) bond motifs is 1. The second-order valence-corrected chi connectivity index (χ2v) is 6.14. The number of ether oxygens (including phenoxy) is 2. The van der Waals surface area contributed by atoms with Gasteiger partial charge in [-0.25, -0.2) is 0 Å². The first kappa shape index (κ1) is 17.5. The van der Waals surface area contributed by atoms with Crippen LogP contribution in [0.25, 0.3) is 0 Å². The number of carbonyl (C=O) groups excluding carboxylic acids is 1. The van der Waals surface area contributed by atoms with Gasteiger partial charge in [0.1, 0.15) is 5.75 Å². The smallest absolute Gasteiger partial charge is 0.255 e. The van der Waals surface area contributed by atoms with Crippen LogP contribution in [-0.4, -0.2) is 36.0 Å². The van der Waals surface area contributed by atoms with Crippen molar-refractivity contribution in [2.24, 2.45) is 0 Å². The van der Waals surface area contributed by atoms with E-state index < -0.39 is 0 Å². The first-order valence-electron chi connectivity index (χ1n) is 8.80. The van der Waals surface area contributed by atoms with Crippen molar-refractivity contribution in [2.75, 3.05) is 20.3 Å². The largest absolute Gasteiger partial charge is 0.493 e. The molecule has 2 aromatic rings. The van der Waals surface area contributed by atoms with Crippen LogP contribution in [0.4, 0.5) is 0 Å². The zero-order valence-electron chi connectivity index (χ0n) is 14.8. The lowest BCUT2D eigenvalue weighted by Crippen LogP contribution is -2.31. The van der Waals surface area contributed by atoms with Gasteiger partial charge in [0.05, 0.1) is 37.1 Å². The molecule has 1 unspecified atom stereocenters. The lowest BCUT2D eigenvalue weighted by Gasteiger charge is -2.22. The normalized spacial score (nSPS) is 16.3. The van der Waals surface area contributed by atoms with Gasteiger partial charge in [-0.05, 0) is 43.9 Å². The summed E-state index contributed by atoms with van der Waals surface area (Å²) in [5.74, 6) is 0.498. The molecule has 0 bridgehead atoms. The van der Waals surface area contributed by atoms with E-state index in [4.69, 9.17) is 9.47 Å². The van der Waals surface area contributed by atoms with Gasteiger partial charge in [0, 0.05) is 13.3 Å². The molecule has 0 aliphatic heterocycles. The molecule has 1 amide bonds. The van der Waals surface area contributed by atoms with E-state index in [1.165, 1.54) is 5.56 Å². The van der Waals surface area contributed by atoms with Gasteiger partial charge in [-0.15, -0.1) is 0 Å². The number of amides is 1. The monoisotopic (exact) mass is 343 g/mol. The number of rotatable bonds is 7. The van der Waals surface area contributed by atoms with Gasteiger partial charge in [-0.3, -0.25) is 9.48 Å². The molecule has 6 nitrogen and oxygen atoms in total. The predicted molar refractivity (Wildman–Crippen MR) is 94.9 cm³/mol. The summed E-state index contributed by atoms with van der Waals surface area (Å²) in [7, 11) is 1.68. The van der Waals surface area contributed by atoms with Crippen LogP contribution in [0.15, 0.2) is 30.5 Å². The summed E-state index contributed by atoms with van der Waals surface area (Å²) >= 11 is 0. The van der Waals surface area contributed by atoms with Crippen LogP contribution >= 0.6 is 0 Å². The average Bonchev–Trinajstić information content (AvgIpc) is 3.05. The number of aromatic nitrogens is 2. The molecule has 0 spiro atoms. The second kappa shape index (κ2) is 8.16. The van der Waals surface area contributed by atoms with Crippen molar-refractivity contribution >= 4 is 5.91 Å². The van der Waals surface area contributed by atoms with Gasteiger partial charge in [-0.2, -0.15) is 5.10 Å². The first-order valence-corrected chi connectivity index (χ1v) is 8.80. The standard InChI is InChI=1S/C19H25N3O3/c1-3-25-17-10-5-4-8-15(17)19(23)20-16-9-6-7-14-13-22(11-12-24-2)21-18(14)16/h4-5,8,10,13,16H,3,6-7,9,11-12H2,1-2H3,(H,20,23). The van der Waals surface area contributed by atoms with E-state index in [0.717, 1.165) is 31.5 Å². The zero-order chi connectivity index (χ0) is 17.6. The van der Waals surface area contributed by atoms with Crippen LogP contribution in [-0.2, 0) is 17.7 Å². The third-order valence-electron chi connectivity index (χ3n) is 4.40. The minimum absolute atomic E-state index is 0.0604. The molecule has 3 rings (SSSR count). The van der Waals surface area contributed by atoms with Gasteiger partial charge in [0.15, 0.2) is 0 Å². The molecular formula is C19H25N3O3. The average molecular weight is 343 g/mol. The molecule has 0 saturated heterocycles. The summed E-state index contributed by atoms with van der Waals surface area (Å²) in [6.45, 7) is 3.78. The van der Waals surface area contributed by atoms with E-state index in [-0.39, 0.29) is 11.9 Å². The van der Waals surface area contributed by atoms with E-state index in [0.29, 0.717) is 24.5 Å². The molecular weight excluding hydrogens is 318 g/mol. The molecule has 1 aromatic carbocycles. The fraction of sp³-hybridized carbons (Fsp3) is 0.474. The minimum Gasteiger partial charge on any atom is -0.493 e. The number of benzene rings is 1. The lowest BCUT2D eigenvalue weighted by molar-refractivity contribution is 0.0927. The van der Waals surface area contributed by atoms with Crippen molar-refractivity contribution in [3.05, 3.63) is 47.3 Å². The number of hydrogen-bond acceptors (Lipinski definition) is 4. The molecule has 1 atom stereocenters. The SMILES string of the molecule is CCOc1ccccc1C(=O)NC1CCCc2cn(CCOC)nc21. The number of carbonyl (C=O) groups is 1. The lowest BCUT2D eigenvalue weighted by atomic mass is 9.93. The number of nitrogens with zero attached hydrogens (tertiary/aromatic N) is 2. The van der Waals surface area contributed by atoms with E-state index >= 15 is 0 Å². The fourth-order valence-electron chi connectivity index (χ4n) is 3.21. The molecule has 0 fully saturated rings. The van der Waals surface area contributed by atoms with E-state index in [1.54, 1.807) is 13.2 Å². The molecule has 0 radical (unpaired) electrons. The van der Waals surface area contributed by atoms with Crippen molar-refractivity contribution in [3.8, 4) is 5.75 Å². The van der Waals surface area contributed by atoms with Crippen molar-refractivity contribution in [1.82, 2.24) is 15.1 Å². The van der Waals surface area contributed by atoms with Crippen molar-refractivity contribution < 1.29 is 14.3 Å². The van der Waals surface area contributed by atoms with E-state index in [9.17, 15) is 4.79 Å². The summed E-state index contributed by atoms with van der Waals surface area (Å²) in [4.78, 5) is 12.8. The van der Waals surface area contributed by atoms with Crippen molar-refractivity contribution in [2.45, 2.75) is 38.8 Å². The Kier molecular flexibility index (Phi) is 5.71. The van der Waals surface area contributed by atoms with Gasteiger partial charge >= 0.3 is 0 Å². The van der Waals surface area contributed by atoms with Crippen LogP contribution in [0.3, 0.4) is 0 Å². The van der Waals surface area contributed by atoms with Crippen LogP contribution in [0.5, 0.6) is 5.75 Å². The topological polar surface area (TPSA) is 65.4 Å². The maximum Gasteiger partial charge on any atom is 0.255 e. The number of methoxy groups -OCH3 is 1. The van der Waals surface area contributed by atoms with Crippen molar-refractivity contribution in [1.29, 1.82) is 0 Å². The Morgan fingerprint density at radius 1 is 1.40 bits per heavy atom. The van der Waals surface area contributed by atoms with Crippen LogP contribution in [0, 0.1) is 0 Å².